The SMILES string of the molecule is Cc1cccc(C)c1C1NCCc2cc(O)ccc21. The number of fused-ring (bicyclic) bond motifs is 1. The van der Waals surface area contributed by atoms with E-state index in [4.69, 9.17) is 0 Å². The summed E-state index contributed by atoms with van der Waals surface area (Å²) in [7, 11) is 0. The molecule has 0 saturated heterocycles. The van der Waals surface area contributed by atoms with Crippen LogP contribution >= 0.6 is 0 Å². The highest BCUT2D eigenvalue weighted by molar-refractivity contribution is 5.47. The first kappa shape index (κ1) is 12.2. The quantitative estimate of drug-likeness (QED) is 0.817. The number of hydrogen-bond acceptors (Lipinski definition) is 2. The van der Waals surface area contributed by atoms with E-state index in [-0.39, 0.29) is 6.04 Å². The van der Waals surface area contributed by atoms with Gasteiger partial charge in [0.05, 0.1) is 6.04 Å². The zero-order chi connectivity index (χ0) is 13.4. The van der Waals surface area contributed by atoms with Crippen LogP contribution in [0.1, 0.15) is 33.9 Å². The molecule has 2 nitrogen and oxygen atoms in total. The molecule has 1 aliphatic rings. The lowest BCUT2D eigenvalue weighted by Crippen LogP contribution is -2.31. The molecule has 0 saturated carbocycles. The number of nitrogens with one attached hydrogen (secondary N) is 1. The molecule has 2 N–H and O–H groups in total. The summed E-state index contributed by atoms with van der Waals surface area (Å²) in [5, 5.41) is 13.2. The van der Waals surface area contributed by atoms with Crippen molar-refractivity contribution in [3.05, 3.63) is 64.2 Å². The van der Waals surface area contributed by atoms with Crippen molar-refractivity contribution >= 4 is 0 Å². The third kappa shape index (κ3) is 2.13. The van der Waals surface area contributed by atoms with Crippen molar-refractivity contribution in [1.82, 2.24) is 5.32 Å². The summed E-state index contributed by atoms with van der Waals surface area (Å²) in [6.45, 7) is 5.28. The molecular weight excluding hydrogens is 234 g/mol. The molecule has 1 heterocycles. The number of aryl methyl sites for hydroxylation is 2. The first-order valence-electron chi connectivity index (χ1n) is 6.78. The second kappa shape index (κ2) is 4.71. The molecule has 3 rings (SSSR count). The van der Waals surface area contributed by atoms with Gasteiger partial charge < -0.3 is 10.4 Å². The predicted octanol–water partition coefficient (Wildman–Crippen LogP) is 3.24. The summed E-state index contributed by atoms with van der Waals surface area (Å²) >= 11 is 0. The number of benzene rings is 2. The molecule has 2 heteroatoms. The highest BCUT2D eigenvalue weighted by Gasteiger charge is 2.23. The maximum absolute atomic E-state index is 9.63. The van der Waals surface area contributed by atoms with Crippen LogP contribution < -0.4 is 5.32 Å². The Kier molecular flexibility index (Phi) is 3.03. The van der Waals surface area contributed by atoms with Crippen LogP contribution in [0.2, 0.25) is 0 Å². The molecular formula is C17H19NO. The molecule has 0 aromatic heterocycles. The van der Waals surface area contributed by atoms with E-state index in [1.165, 1.54) is 27.8 Å². The average Bonchev–Trinajstić information content (AvgIpc) is 2.38. The van der Waals surface area contributed by atoms with Gasteiger partial charge in [-0.2, -0.15) is 0 Å². The van der Waals surface area contributed by atoms with E-state index in [1.807, 2.05) is 12.1 Å². The Morgan fingerprint density at radius 2 is 1.84 bits per heavy atom. The molecule has 1 atom stereocenters. The number of aromatic hydroxyl groups is 1. The predicted molar refractivity (Wildman–Crippen MR) is 77.6 cm³/mol. The summed E-state index contributed by atoms with van der Waals surface area (Å²) in [5.41, 5.74) is 6.55. The molecule has 2 aromatic carbocycles. The summed E-state index contributed by atoms with van der Waals surface area (Å²) in [6.07, 6.45) is 0.977. The average molecular weight is 253 g/mol. The van der Waals surface area contributed by atoms with Crippen LogP contribution in [0.4, 0.5) is 0 Å². The fourth-order valence-electron chi connectivity index (χ4n) is 3.09. The maximum atomic E-state index is 9.63. The van der Waals surface area contributed by atoms with Gasteiger partial charge in [0.2, 0.25) is 0 Å². The van der Waals surface area contributed by atoms with Gasteiger partial charge in [-0.25, -0.2) is 0 Å². The van der Waals surface area contributed by atoms with Crippen molar-refractivity contribution in [1.29, 1.82) is 0 Å². The van der Waals surface area contributed by atoms with Crippen molar-refractivity contribution in [2.45, 2.75) is 26.3 Å². The van der Waals surface area contributed by atoms with Gasteiger partial charge >= 0.3 is 0 Å². The standard InChI is InChI=1S/C17H19NO/c1-11-4-3-5-12(2)16(11)17-15-7-6-14(19)10-13(15)8-9-18-17/h3-7,10,17-19H,8-9H2,1-2H3. The van der Waals surface area contributed by atoms with Crippen LogP contribution in [0.15, 0.2) is 36.4 Å². The minimum Gasteiger partial charge on any atom is -0.508 e. The van der Waals surface area contributed by atoms with Crippen LogP contribution in [0.5, 0.6) is 5.75 Å². The molecule has 19 heavy (non-hydrogen) atoms. The van der Waals surface area contributed by atoms with Crippen LogP contribution in [-0.2, 0) is 6.42 Å². The van der Waals surface area contributed by atoms with Crippen molar-refractivity contribution in [2.75, 3.05) is 6.54 Å². The van der Waals surface area contributed by atoms with E-state index in [9.17, 15) is 5.11 Å². The monoisotopic (exact) mass is 253 g/mol. The molecule has 0 fully saturated rings. The Morgan fingerprint density at radius 1 is 1.11 bits per heavy atom. The number of phenols is 1. The highest BCUT2D eigenvalue weighted by atomic mass is 16.3. The number of hydrogen-bond donors (Lipinski definition) is 2. The van der Waals surface area contributed by atoms with E-state index in [0.29, 0.717) is 5.75 Å². The first-order chi connectivity index (χ1) is 9.16. The summed E-state index contributed by atoms with van der Waals surface area (Å²) in [5.74, 6) is 0.362. The summed E-state index contributed by atoms with van der Waals surface area (Å²) in [4.78, 5) is 0. The molecule has 1 aliphatic heterocycles. The van der Waals surface area contributed by atoms with Crippen LogP contribution in [0.3, 0.4) is 0 Å². The Bertz CT molecular complexity index is 598. The van der Waals surface area contributed by atoms with E-state index < -0.39 is 0 Å². The zero-order valence-corrected chi connectivity index (χ0v) is 11.4. The smallest absolute Gasteiger partial charge is 0.115 e. The lowest BCUT2D eigenvalue weighted by molar-refractivity contribution is 0.471. The van der Waals surface area contributed by atoms with Crippen molar-refractivity contribution in [3.8, 4) is 5.75 Å². The van der Waals surface area contributed by atoms with Crippen molar-refractivity contribution in [2.24, 2.45) is 0 Å². The second-order valence-electron chi connectivity index (χ2n) is 5.33. The van der Waals surface area contributed by atoms with Crippen LogP contribution in [-0.4, -0.2) is 11.7 Å². The maximum Gasteiger partial charge on any atom is 0.115 e. The van der Waals surface area contributed by atoms with Gasteiger partial charge in [0, 0.05) is 6.54 Å². The third-order valence-corrected chi connectivity index (χ3v) is 4.01. The molecule has 98 valence electrons. The van der Waals surface area contributed by atoms with Crippen LogP contribution in [0.25, 0.3) is 0 Å². The third-order valence-electron chi connectivity index (χ3n) is 4.01. The number of phenolic OH excluding ortho intramolecular Hbond substituents is 1. The minimum atomic E-state index is 0.241. The van der Waals surface area contributed by atoms with Gasteiger partial charge in [-0.1, -0.05) is 24.3 Å². The number of rotatable bonds is 1. The zero-order valence-electron chi connectivity index (χ0n) is 11.4. The first-order valence-corrected chi connectivity index (χ1v) is 6.78. The van der Waals surface area contributed by atoms with Gasteiger partial charge in [0.15, 0.2) is 0 Å². The van der Waals surface area contributed by atoms with Crippen molar-refractivity contribution in [3.63, 3.8) is 0 Å². The van der Waals surface area contributed by atoms with E-state index in [0.717, 1.165) is 13.0 Å². The molecule has 0 radical (unpaired) electrons. The van der Waals surface area contributed by atoms with Gasteiger partial charge in [-0.3, -0.25) is 0 Å². The van der Waals surface area contributed by atoms with Gasteiger partial charge in [-0.15, -0.1) is 0 Å². The Hall–Kier alpha value is -1.80. The minimum absolute atomic E-state index is 0.241. The topological polar surface area (TPSA) is 32.3 Å². The largest absolute Gasteiger partial charge is 0.508 e. The lowest BCUT2D eigenvalue weighted by atomic mass is 9.86. The molecule has 0 bridgehead atoms. The Morgan fingerprint density at radius 3 is 2.58 bits per heavy atom. The molecule has 2 aromatic rings. The Labute approximate surface area is 114 Å². The fraction of sp³-hybridized carbons (Fsp3) is 0.294. The normalized spacial score (nSPS) is 18.1. The summed E-state index contributed by atoms with van der Waals surface area (Å²) in [6, 6.07) is 12.4. The van der Waals surface area contributed by atoms with Gasteiger partial charge in [0.25, 0.3) is 0 Å². The highest BCUT2D eigenvalue weighted by Crippen LogP contribution is 2.33. The van der Waals surface area contributed by atoms with E-state index >= 15 is 0 Å². The fourth-order valence-corrected chi connectivity index (χ4v) is 3.09. The summed E-state index contributed by atoms with van der Waals surface area (Å²) < 4.78 is 0. The van der Waals surface area contributed by atoms with E-state index in [1.54, 1.807) is 6.07 Å². The van der Waals surface area contributed by atoms with Crippen molar-refractivity contribution < 1.29 is 5.11 Å². The Balaban J connectivity index is 2.14. The van der Waals surface area contributed by atoms with E-state index in [2.05, 4.69) is 37.4 Å². The van der Waals surface area contributed by atoms with Crippen LogP contribution in [0, 0.1) is 13.8 Å². The molecule has 0 spiro atoms. The molecule has 1 unspecified atom stereocenters. The molecule has 0 amide bonds. The molecule has 0 aliphatic carbocycles. The van der Waals surface area contributed by atoms with Gasteiger partial charge in [-0.05, 0) is 60.2 Å². The second-order valence-corrected chi connectivity index (χ2v) is 5.33. The lowest BCUT2D eigenvalue weighted by Gasteiger charge is -2.29. The van der Waals surface area contributed by atoms with Gasteiger partial charge in [0.1, 0.15) is 5.75 Å².